The van der Waals surface area contributed by atoms with Crippen LogP contribution in [0.15, 0.2) is 18.2 Å². The first-order valence-corrected chi connectivity index (χ1v) is 6.91. The molecule has 1 atom stereocenters. The molecule has 1 heterocycles. The van der Waals surface area contributed by atoms with E-state index in [0.717, 1.165) is 16.9 Å². The topological polar surface area (TPSA) is 69.4 Å². The van der Waals surface area contributed by atoms with Gasteiger partial charge in [-0.1, -0.05) is 12.1 Å². The van der Waals surface area contributed by atoms with Gasteiger partial charge in [-0.25, -0.2) is 13.6 Å². The third-order valence-corrected chi connectivity index (χ3v) is 3.63. The first kappa shape index (κ1) is 11.4. The molecule has 0 unspecified atom stereocenters. The summed E-state index contributed by atoms with van der Waals surface area (Å²) in [5, 5.41) is 5.08. The van der Waals surface area contributed by atoms with Gasteiger partial charge in [0.2, 0.25) is 10.0 Å². The average Bonchev–Trinajstić information content (AvgIpc) is 2.15. The first-order valence-electron chi connectivity index (χ1n) is 5.19. The van der Waals surface area contributed by atoms with E-state index in [1.807, 2.05) is 25.1 Å². The molecule has 5 heteroatoms. The maximum Gasteiger partial charge on any atom is 0.209 e. The minimum absolute atomic E-state index is 0.00752. The summed E-state index contributed by atoms with van der Waals surface area (Å²) in [6.07, 6.45) is 0.701. The lowest BCUT2D eigenvalue weighted by atomic mass is 9.94. The average molecular weight is 241 g/mol. The van der Waals surface area contributed by atoms with Gasteiger partial charge in [0.05, 0.1) is 12.4 Å². The van der Waals surface area contributed by atoms with Crippen molar-refractivity contribution < 1.29 is 13.2 Å². The highest BCUT2D eigenvalue weighted by Gasteiger charge is 2.24. The van der Waals surface area contributed by atoms with E-state index in [-0.39, 0.29) is 11.7 Å². The van der Waals surface area contributed by atoms with Crippen molar-refractivity contribution in [3.63, 3.8) is 0 Å². The van der Waals surface area contributed by atoms with Gasteiger partial charge >= 0.3 is 0 Å². The molecule has 16 heavy (non-hydrogen) atoms. The molecule has 0 aromatic heterocycles. The largest absolute Gasteiger partial charge is 0.493 e. The Morgan fingerprint density at radius 3 is 2.94 bits per heavy atom. The van der Waals surface area contributed by atoms with Gasteiger partial charge in [-0.15, -0.1) is 0 Å². The lowest BCUT2D eigenvalue weighted by Crippen LogP contribution is -2.25. The summed E-state index contributed by atoms with van der Waals surface area (Å²) < 4.78 is 27.7. The van der Waals surface area contributed by atoms with Crippen molar-refractivity contribution in [1.82, 2.24) is 0 Å². The second kappa shape index (κ2) is 4.07. The van der Waals surface area contributed by atoms with E-state index in [0.29, 0.717) is 13.0 Å². The van der Waals surface area contributed by atoms with Crippen molar-refractivity contribution in [2.45, 2.75) is 19.3 Å². The predicted octanol–water partition coefficient (Wildman–Crippen LogP) is 1.15. The van der Waals surface area contributed by atoms with E-state index in [4.69, 9.17) is 9.88 Å². The number of fused-ring (bicyclic) bond motifs is 1. The summed E-state index contributed by atoms with van der Waals surface area (Å²) in [4.78, 5) is 0. The van der Waals surface area contributed by atoms with Gasteiger partial charge in [-0.3, -0.25) is 0 Å². The molecule has 0 fully saturated rings. The van der Waals surface area contributed by atoms with Gasteiger partial charge in [0.1, 0.15) is 5.75 Å². The summed E-state index contributed by atoms with van der Waals surface area (Å²) >= 11 is 0. The van der Waals surface area contributed by atoms with Crippen LogP contribution >= 0.6 is 0 Å². The maximum atomic E-state index is 11.1. The molecule has 4 nitrogen and oxygen atoms in total. The minimum atomic E-state index is -3.43. The van der Waals surface area contributed by atoms with Gasteiger partial charge in [0.15, 0.2) is 0 Å². The molecule has 1 aliphatic rings. The molecule has 0 amide bonds. The fraction of sp³-hybridized carbons (Fsp3) is 0.455. The second-order valence-corrected chi connectivity index (χ2v) is 5.86. The van der Waals surface area contributed by atoms with E-state index in [1.165, 1.54) is 0 Å². The van der Waals surface area contributed by atoms with Crippen LogP contribution in [0.4, 0.5) is 0 Å². The molecular weight excluding hydrogens is 226 g/mol. The van der Waals surface area contributed by atoms with Crippen molar-refractivity contribution in [2.75, 3.05) is 12.4 Å². The Balaban J connectivity index is 2.33. The van der Waals surface area contributed by atoms with Crippen molar-refractivity contribution in [2.24, 2.45) is 5.14 Å². The zero-order chi connectivity index (χ0) is 11.8. The molecule has 2 N–H and O–H groups in total. The smallest absolute Gasteiger partial charge is 0.209 e. The Hall–Kier alpha value is -1.07. The Labute approximate surface area is 95.5 Å². The highest BCUT2D eigenvalue weighted by Crippen LogP contribution is 2.34. The maximum absolute atomic E-state index is 11.1. The van der Waals surface area contributed by atoms with Crippen LogP contribution in [0.5, 0.6) is 5.75 Å². The van der Waals surface area contributed by atoms with Crippen LogP contribution in [0.1, 0.15) is 23.5 Å². The van der Waals surface area contributed by atoms with Gasteiger partial charge in [-0.2, -0.15) is 0 Å². The van der Waals surface area contributed by atoms with Crippen molar-refractivity contribution in [3.05, 3.63) is 29.3 Å². The molecule has 1 aromatic carbocycles. The van der Waals surface area contributed by atoms with Crippen LogP contribution in [0, 0.1) is 6.92 Å². The molecule has 88 valence electrons. The molecule has 0 aliphatic carbocycles. The van der Waals surface area contributed by atoms with Crippen LogP contribution in [-0.4, -0.2) is 20.8 Å². The molecular formula is C11H15NO3S. The van der Waals surface area contributed by atoms with E-state index >= 15 is 0 Å². The van der Waals surface area contributed by atoms with Crippen molar-refractivity contribution >= 4 is 10.0 Å². The fourth-order valence-electron chi connectivity index (χ4n) is 2.02. The summed E-state index contributed by atoms with van der Waals surface area (Å²) in [7, 11) is -3.43. The quantitative estimate of drug-likeness (QED) is 0.844. The predicted molar refractivity (Wildman–Crippen MR) is 62.0 cm³/mol. The number of aryl methyl sites for hydroxylation is 1. The van der Waals surface area contributed by atoms with E-state index in [2.05, 4.69) is 0 Å². The Morgan fingerprint density at radius 1 is 1.50 bits per heavy atom. The highest BCUT2D eigenvalue weighted by atomic mass is 32.2. The second-order valence-electron chi connectivity index (χ2n) is 4.20. The molecule has 2 rings (SSSR count). The summed E-state index contributed by atoms with van der Waals surface area (Å²) in [5.41, 5.74) is 2.06. The number of ether oxygens (including phenoxy) is 1. The number of sulfonamides is 1. The molecule has 0 saturated heterocycles. The number of rotatable bonds is 2. The number of benzene rings is 1. The SMILES string of the molecule is Cc1ccc2c(c1)OCC[C@H]2CS(N)(=O)=O. The van der Waals surface area contributed by atoms with Gasteiger partial charge in [0.25, 0.3) is 0 Å². The van der Waals surface area contributed by atoms with Crippen LogP contribution in [0.3, 0.4) is 0 Å². The van der Waals surface area contributed by atoms with E-state index in [9.17, 15) is 8.42 Å². The van der Waals surface area contributed by atoms with Crippen molar-refractivity contribution in [1.29, 1.82) is 0 Å². The number of nitrogens with two attached hydrogens (primary N) is 1. The highest BCUT2D eigenvalue weighted by molar-refractivity contribution is 7.89. The Kier molecular flexibility index (Phi) is 2.90. The van der Waals surface area contributed by atoms with Crippen molar-refractivity contribution in [3.8, 4) is 5.75 Å². The number of primary sulfonamides is 1. The van der Waals surface area contributed by atoms with Crippen LogP contribution < -0.4 is 9.88 Å². The zero-order valence-electron chi connectivity index (χ0n) is 9.14. The van der Waals surface area contributed by atoms with Crippen LogP contribution in [0.2, 0.25) is 0 Å². The van der Waals surface area contributed by atoms with Gasteiger partial charge < -0.3 is 4.74 Å². The number of hydrogen-bond donors (Lipinski definition) is 1. The van der Waals surface area contributed by atoms with Gasteiger partial charge in [0, 0.05) is 5.92 Å². The third kappa shape index (κ3) is 2.54. The monoisotopic (exact) mass is 241 g/mol. The Bertz CT molecular complexity index is 496. The third-order valence-electron chi connectivity index (χ3n) is 2.77. The molecule has 0 saturated carbocycles. The first-order chi connectivity index (χ1) is 7.46. The zero-order valence-corrected chi connectivity index (χ0v) is 9.96. The molecule has 0 spiro atoms. The van der Waals surface area contributed by atoms with E-state index in [1.54, 1.807) is 0 Å². The molecule has 1 aromatic rings. The summed E-state index contributed by atoms with van der Waals surface area (Å²) in [6.45, 7) is 2.53. The molecule has 0 bridgehead atoms. The summed E-state index contributed by atoms with van der Waals surface area (Å²) in [5.74, 6) is 0.742. The molecule has 1 aliphatic heterocycles. The van der Waals surface area contributed by atoms with E-state index < -0.39 is 10.0 Å². The minimum Gasteiger partial charge on any atom is -0.493 e. The van der Waals surface area contributed by atoms with Crippen LogP contribution in [0.25, 0.3) is 0 Å². The normalized spacial score (nSPS) is 20.0. The number of hydrogen-bond acceptors (Lipinski definition) is 3. The standard InChI is InChI=1S/C11H15NO3S/c1-8-2-3-10-9(7-16(12,13)14)4-5-15-11(10)6-8/h2-3,6,9H,4-5,7H2,1H3,(H2,12,13,14)/t9-/m0/s1. The van der Waals surface area contributed by atoms with Gasteiger partial charge in [-0.05, 0) is 30.5 Å². The summed E-state index contributed by atoms with van der Waals surface area (Å²) in [6, 6.07) is 5.83. The molecule has 0 radical (unpaired) electrons. The fourth-order valence-corrected chi connectivity index (χ4v) is 2.93. The lowest BCUT2D eigenvalue weighted by Gasteiger charge is -2.25. The lowest BCUT2D eigenvalue weighted by molar-refractivity contribution is 0.272. The van der Waals surface area contributed by atoms with Crippen LogP contribution in [-0.2, 0) is 10.0 Å². The Morgan fingerprint density at radius 2 is 2.25 bits per heavy atom.